The number of esters is 1. The second-order valence-corrected chi connectivity index (χ2v) is 20.2. The van der Waals surface area contributed by atoms with E-state index in [9.17, 15) is 29.6 Å². The molecule has 17 heteroatoms. The lowest BCUT2D eigenvalue weighted by Gasteiger charge is -2.38. The summed E-state index contributed by atoms with van der Waals surface area (Å²) in [6.45, 7) is 18.8. The summed E-state index contributed by atoms with van der Waals surface area (Å²) < 4.78 is 36.9. The van der Waals surface area contributed by atoms with Gasteiger partial charge in [0.05, 0.1) is 36.9 Å². The van der Waals surface area contributed by atoms with Gasteiger partial charge in [0.25, 0.3) is 0 Å². The van der Waals surface area contributed by atoms with E-state index in [0.717, 1.165) is 56.9 Å². The van der Waals surface area contributed by atoms with Crippen LogP contribution in [-0.4, -0.2) is 178 Å². The van der Waals surface area contributed by atoms with Crippen molar-refractivity contribution in [3.8, 4) is 11.1 Å². The Bertz CT molecular complexity index is 1680. The molecule has 1 saturated carbocycles. The Kier molecular flexibility index (Phi) is 32.4. The molecule has 16 nitrogen and oxygen atoms in total. The number of rotatable bonds is 9. The number of carbonyl (C=O) groups excluding carboxylic acids is 1. The van der Waals surface area contributed by atoms with Gasteiger partial charge in [0.2, 0.25) is 0 Å². The van der Waals surface area contributed by atoms with Crippen molar-refractivity contribution in [3.63, 3.8) is 0 Å². The quantitative estimate of drug-likeness (QED) is 0.144. The number of hydrogen-bond acceptors (Lipinski definition) is 16. The van der Waals surface area contributed by atoms with Crippen LogP contribution in [0.5, 0.6) is 0 Å². The van der Waals surface area contributed by atoms with Gasteiger partial charge in [-0.05, 0) is 141 Å². The predicted molar refractivity (Wildman–Crippen MR) is 276 cm³/mol. The summed E-state index contributed by atoms with van der Waals surface area (Å²) in [5.41, 5.74) is 6.17. The van der Waals surface area contributed by atoms with Gasteiger partial charge >= 0.3 is 5.97 Å². The molecule has 71 heavy (non-hydrogen) atoms. The zero-order chi connectivity index (χ0) is 54.0. The number of nitrogens with two attached hydrogens (primary N) is 1. The largest absolute Gasteiger partial charge is 0.462 e. The van der Waals surface area contributed by atoms with E-state index in [4.69, 9.17) is 40.0 Å². The third-order valence-corrected chi connectivity index (χ3v) is 13.4. The van der Waals surface area contributed by atoms with Crippen molar-refractivity contribution in [2.75, 3.05) is 54.6 Å². The average Bonchev–Trinajstić information content (AvgIpc) is 4.17. The molecule has 1 aliphatic carbocycles. The summed E-state index contributed by atoms with van der Waals surface area (Å²) >= 11 is 0. The fourth-order valence-corrected chi connectivity index (χ4v) is 9.18. The number of nitrogens with zero attached hydrogens (tertiary/aromatic N) is 3. The zero-order valence-electron chi connectivity index (χ0n) is 45.5. The highest BCUT2D eigenvalue weighted by atomic mass is 19.1. The van der Waals surface area contributed by atoms with Gasteiger partial charge in [-0.2, -0.15) is 0 Å². The number of carbonyl (C=O) groups is 1. The molecule has 0 spiro atoms. The van der Waals surface area contributed by atoms with Gasteiger partial charge in [0.1, 0.15) is 24.1 Å². The second-order valence-electron chi connectivity index (χ2n) is 20.2. The molecular weight excluding hydrogens is 916 g/mol. The van der Waals surface area contributed by atoms with E-state index in [1.54, 1.807) is 25.4 Å². The SMILES string of the molecule is CC.CC1CC(C)O[C@@H](O[C@H]2CCC(O)C[C@@H](C)CN(C)C(C)C(O)[C@](C)(O)COC(=O)C2C)C1.CC1CC(N(C)CC2CC2)CC(O)O1.CO.CO.NC(CO)Cc1ccc(-c2cccnc2)cc1F. The van der Waals surface area contributed by atoms with Crippen molar-refractivity contribution in [1.29, 1.82) is 0 Å². The van der Waals surface area contributed by atoms with Crippen LogP contribution in [0.4, 0.5) is 4.39 Å². The minimum atomic E-state index is -1.60. The van der Waals surface area contributed by atoms with Gasteiger partial charge in [-0.3, -0.25) is 9.78 Å². The summed E-state index contributed by atoms with van der Waals surface area (Å²) in [4.78, 5) is 21.3. The number of hydrogen-bond donors (Lipinski definition) is 8. The van der Waals surface area contributed by atoms with Gasteiger partial charge in [-0.15, -0.1) is 0 Å². The van der Waals surface area contributed by atoms with Crippen LogP contribution in [-0.2, 0) is 30.2 Å². The van der Waals surface area contributed by atoms with Crippen molar-refractivity contribution in [3.05, 3.63) is 54.1 Å². The highest BCUT2D eigenvalue weighted by molar-refractivity contribution is 5.72. The molecule has 10 unspecified atom stereocenters. The first kappa shape index (κ1) is 66.3. The Morgan fingerprint density at radius 3 is 2.11 bits per heavy atom. The first-order valence-electron chi connectivity index (χ1n) is 25.9. The zero-order valence-corrected chi connectivity index (χ0v) is 45.5. The fourth-order valence-electron chi connectivity index (χ4n) is 9.18. The molecule has 1 aromatic carbocycles. The maximum Gasteiger partial charge on any atom is 0.311 e. The van der Waals surface area contributed by atoms with E-state index in [2.05, 4.69) is 30.8 Å². The van der Waals surface area contributed by atoms with Crippen molar-refractivity contribution >= 4 is 5.97 Å². The third kappa shape index (κ3) is 24.4. The lowest BCUT2D eigenvalue weighted by atomic mass is 9.92. The molecule has 4 aliphatic rings. The molecular formula is C54H97FN4O12. The number of aromatic nitrogens is 1. The van der Waals surface area contributed by atoms with Gasteiger partial charge in [0, 0.05) is 76.2 Å². The monoisotopic (exact) mass is 1010 g/mol. The molecule has 9 N–H and O–H groups in total. The molecule has 2 aromatic rings. The summed E-state index contributed by atoms with van der Waals surface area (Å²) in [6.07, 6.45) is 8.86. The molecule has 0 radical (unpaired) electrons. The van der Waals surface area contributed by atoms with E-state index >= 15 is 0 Å². The molecule has 3 aliphatic heterocycles. The molecule has 6 rings (SSSR count). The maximum atomic E-state index is 13.9. The summed E-state index contributed by atoms with van der Waals surface area (Å²) in [7, 11) is 6.06. The second kappa shape index (κ2) is 34.7. The van der Waals surface area contributed by atoms with Gasteiger partial charge in [0.15, 0.2) is 12.6 Å². The number of likely N-dealkylation sites (N-methyl/N-ethyl adjacent to an activating group) is 1. The summed E-state index contributed by atoms with van der Waals surface area (Å²) in [5.74, 6) is 0.167. The van der Waals surface area contributed by atoms with Crippen LogP contribution in [0.15, 0.2) is 42.7 Å². The number of benzene rings is 1. The van der Waals surface area contributed by atoms with Crippen LogP contribution in [0.2, 0.25) is 0 Å². The number of cyclic esters (lactones) is 1. The van der Waals surface area contributed by atoms with Crippen molar-refractivity contribution in [1.82, 2.24) is 14.8 Å². The fraction of sp³-hybridized carbons (Fsp3) is 0.778. The van der Waals surface area contributed by atoms with E-state index in [0.29, 0.717) is 49.8 Å². The first-order chi connectivity index (χ1) is 33.6. The number of aliphatic hydroxyl groups excluding tert-OH is 6. The van der Waals surface area contributed by atoms with Crippen LogP contribution in [0.25, 0.3) is 11.1 Å². The molecule has 4 fully saturated rings. The van der Waals surface area contributed by atoms with E-state index in [1.165, 1.54) is 32.4 Å². The van der Waals surface area contributed by atoms with E-state index in [-0.39, 0.29) is 43.2 Å². The van der Waals surface area contributed by atoms with Crippen molar-refractivity contribution in [2.45, 2.75) is 193 Å². The molecule has 3 saturated heterocycles. The molecule has 0 bridgehead atoms. The van der Waals surface area contributed by atoms with Crippen LogP contribution in [0.3, 0.4) is 0 Å². The highest BCUT2D eigenvalue weighted by Gasteiger charge is 2.40. The number of halogens is 1. The molecule has 412 valence electrons. The molecule has 14 atom stereocenters. The summed E-state index contributed by atoms with van der Waals surface area (Å²) in [5, 5.41) is 64.7. The highest BCUT2D eigenvalue weighted by Crippen LogP contribution is 2.33. The smallest absolute Gasteiger partial charge is 0.311 e. The standard InChI is InChI=1S/C25H47NO7.C14H15FN2O.C11H21NO2.C2H6.2CH4O/c1-15-10-17(3)32-22(12-15)33-21-9-8-20(27)11-16(2)13-26(7)19(5)23(28)25(6,30)14-31-24(29)18(21)4;15-14-7-10(12-2-1-5-17-8-12)3-4-11(14)6-13(16)9-18;1-8-5-10(6-11(13)14-8)12(2)7-9-3-4-9;3*1-2/h15-23,27-28,30H,8-14H2,1-7H3;1-5,7-8,13,18H,6,9,16H2;8-11,13H,3-7H2,1-2H3;1-2H3;2*2H,1H3/t15?,16-,17?,18?,19?,20?,21+,22+,23?,25-;;;;;/m1...../s1. The van der Waals surface area contributed by atoms with E-state index in [1.807, 2.05) is 64.8 Å². The van der Waals surface area contributed by atoms with Crippen LogP contribution in [0.1, 0.15) is 126 Å². The van der Waals surface area contributed by atoms with Gasteiger partial charge < -0.3 is 70.2 Å². The Morgan fingerprint density at radius 2 is 1.55 bits per heavy atom. The summed E-state index contributed by atoms with van der Waals surface area (Å²) in [6, 6.07) is 8.41. The normalized spacial score (nSPS) is 32.3. The number of pyridine rings is 1. The van der Waals surface area contributed by atoms with E-state index < -0.39 is 54.4 Å². The Hall–Kier alpha value is -2.75. The lowest BCUT2D eigenvalue weighted by Crippen LogP contribution is -2.55. The number of ether oxygens (including phenoxy) is 4. The first-order valence-corrected chi connectivity index (χ1v) is 25.9. The molecule has 1 aromatic heterocycles. The van der Waals surface area contributed by atoms with Crippen LogP contribution >= 0.6 is 0 Å². The predicted octanol–water partition coefficient (Wildman–Crippen LogP) is 5.53. The Morgan fingerprint density at radius 1 is 0.901 bits per heavy atom. The van der Waals surface area contributed by atoms with Gasteiger partial charge in [-0.25, -0.2) is 4.39 Å². The number of aliphatic hydroxyl groups is 7. The Labute approximate surface area is 426 Å². The van der Waals surface area contributed by atoms with Crippen LogP contribution < -0.4 is 5.73 Å². The Balaban J connectivity index is 0.000000554. The maximum absolute atomic E-state index is 13.9. The van der Waals surface area contributed by atoms with Gasteiger partial charge in [-0.1, -0.05) is 45.9 Å². The van der Waals surface area contributed by atoms with Crippen molar-refractivity contribution < 1.29 is 63.9 Å². The minimum absolute atomic E-state index is 0.0882. The molecule has 0 amide bonds. The molecule has 4 heterocycles. The third-order valence-electron chi connectivity index (χ3n) is 13.4. The lowest BCUT2D eigenvalue weighted by molar-refractivity contribution is -0.231. The average molecular weight is 1010 g/mol. The van der Waals surface area contributed by atoms with Crippen LogP contribution in [0, 0.1) is 29.5 Å². The topological polar surface area (TPSA) is 241 Å². The van der Waals surface area contributed by atoms with Crippen molar-refractivity contribution in [2.24, 2.45) is 29.4 Å². The minimum Gasteiger partial charge on any atom is -0.462 e.